The average molecular weight is 444 g/mol. The highest BCUT2D eigenvalue weighted by atomic mass is 16.7. The number of rotatable bonds is 5. The molecular formula is C24H33N3O5. The summed E-state index contributed by atoms with van der Waals surface area (Å²) in [5.41, 5.74) is 2.52. The largest absolute Gasteiger partial charge is 0.368 e. The molecule has 0 unspecified atom stereocenters. The first-order valence-electron chi connectivity index (χ1n) is 11.3. The van der Waals surface area contributed by atoms with Crippen molar-refractivity contribution < 1.29 is 24.0 Å². The SMILES string of the molecule is CCC(=O)ON1C(=O)CC(CC(=O)N2CCN(c3ccccc3C(C)(C)C)CC2)CC1=O. The molecule has 0 radical (unpaired) electrons. The van der Waals surface area contributed by atoms with Crippen molar-refractivity contribution in [1.29, 1.82) is 0 Å². The van der Waals surface area contributed by atoms with E-state index >= 15 is 0 Å². The van der Waals surface area contributed by atoms with E-state index in [4.69, 9.17) is 4.84 Å². The quantitative estimate of drug-likeness (QED) is 0.651. The number of carbonyl (C=O) groups is 4. The molecule has 3 amide bonds. The number of amides is 3. The fraction of sp³-hybridized carbons (Fsp3) is 0.583. The summed E-state index contributed by atoms with van der Waals surface area (Å²) in [4.78, 5) is 57.7. The second-order valence-electron chi connectivity index (χ2n) is 9.51. The average Bonchev–Trinajstić information content (AvgIpc) is 2.75. The molecule has 8 heteroatoms. The number of hydrogen-bond acceptors (Lipinski definition) is 6. The Balaban J connectivity index is 1.54. The fourth-order valence-electron chi connectivity index (χ4n) is 4.24. The van der Waals surface area contributed by atoms with Crippen LogP contribution in [-0.4, -0.2) is 59.8 Å². The summed E-state index contributed by atoms with van der Waals surface area (Å²) >= 11 is 0. The van der Waals surface area contributed by atoms with Crippen molar-refractivity contribution in [3.8, 4) is 0 Å². The van der Waals surface area contributed by atoms with Crippen LogP contribution in [0.25, 0.3) is 0 Å². The zero-order chi connectivity index (χ0) is 23.5. The molecule has 0 bridgehead atoms. The monoisotopic (exact) mass is 443 g/mol. The van der Waals surface area contributed by atoms with Crippen molar-refractivity contribution >= 4 is 29.4 Å². The molecule has 1 aromatic rings. The Bertz CT molecular complexity index is 866. The maximum Gasteiger partial charge on any atom is 0.332 e. The van der Waals surface area contributed by atoms with Crippen molar-refractivity contribution in [2.45, 2.75) is 58.8 Å². The lowest BCUT2D eigenvalue weighted by Crippen LogP contribution is -2.50. The topological polar surface area (TPSA) is 87.2 Å². The zero-order valence-corrected chi connectivity index (χ0v) is 19.4. The first-order valence-corrected chi connectivity index (χ1v) is 11.3. The normalized spacial score (nSPS) is 18.2. The van der Waals surface area contributed by atoms with E-state index in [1.807, 2.05) is 11.0 Å². The van der Waals surface area contributed by atoms with E-state index in [9.17, 15) is 19.2 Å². The van der Waals surface area contributed by atoms with Gasteiger partial charge in [0.2, 0.25) is 5.91 Å². The van der Waals surface area contributed by atoms with Crippen molar-refractivity contribution in [3.63, 3.8) is 0 Å². The van der Waals surface area contributed by atoms with Gasteiger partial charge in [-0.15, -0.1) is 5.06 Å². The Kier molecular flexibility index (Phi) is 7.21. The molecular weight excluding hydrogens is 410 g/mol. The van der Waals surface area contributed by atoms with E-state index in [1.165, 1.54) is 11.3 Å². The number of benzene rings is 1. The van der Waals surface area contributed by atoms with E-state index < -0.39 is 17.8 Å². The van der Waals surface area contributed by atoms with E-state index in [1.54, 1.807) is 6.92 Å². The smallest absolute Gasteiger partial charge is 0.332 e. The minimum atomic E-state index is -0.632. The number of imide groups is 1. The standard InChI is InChI=1S/C24H33N3O5/c1-5-23(31)32-27-21(29)15-17(16-22(27)30)14-20(28)26-12-10-25(11-13-26)19-9-7-6-8-18(19)24(2,3)4/h6-9,17H,5,10-16H2,1-4H3. The third kappa shape index (κ3) is 5.47. The molecule has 2 fully saturated rings. The van der Waals surface area contributed by atoms with Gasteiger partial charge in [-0.3, -0.25) is 14.4 Å². The molecule has 0 N–H and O–H groups in total. The van der Waals surface area contributed by atoms with Crippen LogP contribution in [0.5, 0.6) is 0 Å². The molecule has 2 aliphatic heterocycles. The summed E-state index contributed by atoms with van der Waals surface area (Å²) in [5.74, 6) is -2.17. The Hall–Kier alpha value is -2.90. The molecule has 2 heterocycles. The van der Waals surface area contributed by atoms with Crippen LogP contribution in [0.4, 0.5) is 5.69 Å². The minimum absolute atomic E-state index is 0.0212. The van der Waals surface area contributed by atoms with Crippen molar-refractivity contribution in [1.82, 2.24) is 9.96 Å². The number of para-hydroxylation sites is 1. The lowest BCUT2D eigenvalue weighted by atomic mass is 9.85. The molecule has 2 aliphatic rings. The van der Waals surface area contributed by atoms with Gasteiger partial charge in [-0.1, -0.05) is 45.9 Å². The summed E-state index contributed by atoms with van der Waals surface area (Å²) in [6.07, 6.45) is 0.262. The fourth-order valence-corrected chi connectivity index (χ4v) is 4.24. The van der Waals surface area contributed by atoms with Crippen LogP contribution in [0.1, 0.15) is 58.9 Å². The van der Waals surface area contributed by atoms with Crippen LogP contribution >= 0.6 is 0 Å². The van der Waals surface area contributed by atoms with Gasteiger partial charge in [0.25, 0.3) is 11.8 Å². The van der Waals surface area contributed by atoms with Gasteiger partial charge in [-0.25, -0.2) is 4.79 Å². The first-order chi connectivity index (χ1) is 15.1. The van der Waals surface area contributed by atoms with Gasteiger partial charge >= 0.3 is 5.97 Å². The van der Waals surface area contributed by atoms with Gasteiger partial charge in [0.05, 0.1) is 0 Å². The zero-order valence-electron chi connectivity index (χ0n) is 19.4. The molecule has 1 aromatic carbocycles. The van der Waals surface area contributed by atoms with Crippen LogP contribution in [-0.2, 0) is 29.4 Å². The predicted molar refractivity (Wildman–Crippen MR) is 120 cm³/mol. The van der Waals surface area contributed by atoms with Crippen molar-refractivity contribution in [3.05, 3.63) is 29.8 Å². The molecule has 0 spiro atoms. The second-order valence-corrected chi connectivity index (χ2v) is 9.51. The number of hydroxylamine groups is 2. The predicted octanol–water partition coefficient (Wildman–Crippen LogP) is 2.66. The van der Waals surface area contributed by atoms with E-state index in [-0.39, 0.29) is 42.9 Å². The van der Waals surface area contributed by atoms with Crippen molar-refractivity contribution in [2.24, 2.45) is 5.92 Å². The molecule has 2 saturated heterocycles. The van der Waals surface area contributed by atoms with Crippen LogP contribution < -0.4 is 4.90 Å². The van der Waals surface area contributed by atoms with E-state index in [0.717, 1.165) is 13.1 Å². The number of hydrogen-bond donors (Lipinski definition) is 0. The molecule has 174 valence electrons. The van der Waals surface area contributed by atoms with Crippen molar-refractivity contribution in [2.75, 3.05) is 31.1 Å². The maximum atomic E-state index is 12.8. The van der Waals surface area contributed by atoms with Crippen LogP contribution in [0.2, 0.25) is 0 Å². The lowest BCUT2D eigenvalue weighted by Gasteiger charge is -2.39. The van der Waals surface area contributed by atoms with Gasteiger partial charge in [-0.2, -0.15) is 0 Å². The van der Waals surface area contributed by atoms with Gasteiger partial charge in [-0.05, 0) is 23.0 Å². The summed E-state index contributed by atoms with van der Waals surface area (Å²) in [6, 6.07) is 8.39. The number of piperidine rings is 1. The molecule has 3 rings (SSSR count). The molecule has 32 heavy (non-hydrogen) atoms. The molecule has 8 nitrogen and oxygen atoms in total. The van der Waals surface area contributed by atoms with Gasteiger partial charge in [0.1, 0.15) is 0 Å². The molecule has 0 atom stereocenters. The summed E-state index contributed by atoms with van der Waals surface area (Å²) in [5, 5.41) is 0.554. The molecule has 0 saturated carbocycles. The maximum absolute atomic E-state index is 12.8. The Morgan fingerprint density at radius 1 is 1.00 bits per heavy atom. The summed E-state index contributed by atoms with van der Waals surface area (Å²) in [7, 11) is 0. The van der Waals surface area contributed by atoms with Gasteiger partial charge < -0.3 is 14.6 Å². The third-order valence-electron chi connectivity index (χ3n) is 6.01. The van der Waals surface area contributed by atoms with Gasteiger partial charge in [0.15, 0.2) is 0 Å². The number of anilines is 1. The highest BCUT2D eigenvalue weighted by Crippen LogP contribution is 2.32. The second kappa shape index (κ2) is 9.71. The summed E-state index contributed by atoms with van der Waals surface area (Å²) < 4.78 is 0. The Labute approximate surface area is 189 Å². The lowest BCUT2D eigenvalue weighted by molar-refractivity contribution is -0.206. The van der Waals surface area contributed by atoms with Crippen LogP contribution in [0.3, 0.4) is 0 Å². The molecule has 0 aromatic heterocycles. The minimum Gasteiger partial charge on any atom is -0.368 e. The van der Waals surface area contributed by atoms with E-state index in [2.05, 4.69) is 43.9 Å². The summed E-state index contributed by atoms with van der Waals surface area (Å²) in [6.45, 7) is 10.9. The van der Waals surface area contributed by atoms with Crippen LogP contribution in [0.15, 0.2) is 24.3 Å². The third-order valence-corrected chi connectivity index (χ3v) is 6.01. The Morgan fingerprint density at radius 3 is 2.16 bits per heavy atom. The molecule has 0 aliphatic carbocycles. The first kappa shape index (κ1) is 23.8. The highest BCUT2D eigenvalue weighted by Gasteiger charge is 2.37. The van der Waals surface area contributed by atoms with Gasteiger partial charge in [0, 0.05) is 57.5 Å². The Morgan fingerprint density at radius 2 is 1.59 bits per heavy atom. The number of nitrogens with zero attached hydrogens (tertiary/aromatic N) is 3. The number of piperazine rings is 1. The number of carbonyl (C=O) groups excluding carboxylic acids is 4. The van der Waals surface area contributed by atoms with Crippen LogP contribution in [0, 0.1) is 5.92 Å². The highest BCUT2D eigenvalue weighted by molar-refractivity contribution is 5.98. The van der Waals surface area contributed by atoms with E-state index in [0.29, 0.717) is 18.2 Å².